The number of hydrogen-bond acceptors (Lipinski definition) is 2. The third-order valence-electron chi connectivity index (χ3n) is 2.00. The molecule has 12 heavy (non-hydrogen) atoms. The summed E-state index contributed by atoms with van der Waals surface area (Å²) in [4.78, 5) is 24.7. The molecule has 1 rings (SSSR count). The van der Waals surface area contributed by atoms with Crippen molar-refractivity contribution in [3.8, 4) is 0 Å². The van der Waals surface area contributed by atoms with Crippen molar-refractivity contribution in [3.63, 3.8) is 0 Å². The lowest BCUT2D eigenvalue weighted by molar-refractivity contribution is 0.673. The molecule has 0 radical (unpaired) electrons. The average molecular weight is 168 g/mol. The second kappa shape index (κ2) is 2.97. The van der Waals surface area contributed by atoms with Gasteiger partial charge in [0.2, 0.25) is 0 Å². The van der Waals surface area contributed by atoms with Crippen LogP contribution in [-0.4, -0.2) is 9.55 Å². The summed E-state index contributed by atoms with van der Waals surface area (Å²) in [5.41, 5.74) is 0.559. The molecule has 0 aliphatic heterocycles. The van der Waals surface area contributed by atoms with Gasteiger partial charge in [0.25, 0.3) is 0 Å². The molecule has 0 saturated heterocycles. The molecule has 4 nitrogen and oxygen atoms in total. The Morgan fingerprint density at radius 1 is 1.33 bits per heavy atom. The molecule has 4 heteroatoms. The van der Waals surface area contributed by atoms with E-state index in [4.69, 9.17) is 0 Å². The summed E-state index contributed by atoms with van der Waals surface area (Å²) in [6.07, 6.45) is 0. The zero-order valence-corrected chi connectivity index (χ0v) is 7.47. The van der Waals surface area contributed by atoms with Crippen molar-refractivity contribution >= 4 is 0 Å². The minimum atomic E-state index is -0.542. The van der Waals surface area contributed by atoms with Gasteiger partial charge in [-0.3, -0.25) is 9.59 Å². The van der Waals surface area contributed by atoms with Crippen LogP contribution in [0, 0.1) is 13.8 Å². The molecular formula is C8H12N2O2. The summed E-state index contributed by atoms with van der Waals surface area (Å²) in [6.45, 7) is 5.97. The summed E-state index contributed by atoms with van der Waals surface area (Å²) in [5.74, 6) is 0. The number of nitrogens with one attached hydrogen (secondary N) is 1. The number of aromatic nitrogens is 2. The van der Waals surface area contributed by atoms with Gasteiger partial charge in [0.15, 0.2) is 0 Å². The molecule has 0 bridgehead atoms. The SMILES string of the molecule is CCn1c(C)c(C)[nH]c(=O)c1=O. The summed E-state index contributed by atoms with van der Waals surface area (Å²) < 4.78 is 1.47. The average Bonchev–Trinajstić information content (AvgIpc) is 2.02. The maximum absolute atomic E-state index is 11.2. The van der Waals surface area contributed by atoms with Crippen molar-refractivity contribution in [2.75, 3.05) is 0 Å². The van der Waals surface area contributed by atoms with E-state index in [1.54, 1.807) is 6.92 Å². The highest BCUT2D eigenvalue weighted by Crippen LogP contribution is 1.96. The van der Waals surface area contributed by atoms with Crippen LogP contribution in [0.25, 0.3) is 0 Å². The third kappa shape index (κ3) is 1.20. The standard InChI is InChI=1S/C8H12N2O2/c1-4-10-6(3)5(2)9-7(11)8(10)12/h4H2,1-3H3,(H,9,11). The summed E-state index contributed by atoms with van der Waals surface area (Å²) in [5, 5.41) is 0. The number of rotatable bonds is 1. The van der Waals surface area contributed by atoms with Gasteiger partial charge in [-0.1, -0.05) is 0 Å². The minimum Gasteiger partial charge on any atom is -0.320 e. The lowest BCUT2D eigenvalue weighted by Gasteiger charge is -2.07. The summed E-state index contributed by atoms with van der Waals surface area (Å²) in [7, 11) is 0. The van der Waals surface area contributed by atoms with Gasteiger partial charge in [-0.05, 0) is 20.8 Å². The first-order valence-electron chi connectivity index (χ1n) is 3.88. The topological polar surface area (TPSA) is 54.9 Å². The van der Waals surface area contributed by atoms with Crippen LogP contribution in [0.15, 0.2) is 9.59 Å². The number of nitrogens with zero attached hydrogens (tertiary/aromatic N) is 1. The van der Waals surface area contributed by atoms with E-state index in [1.165, 1.54) is 4.57 Å². The van der Waals surface area contributed by atoms with Gasteiger partial charge in [0.1, 0.15) is 0 Å². The zero-order chi connectivity index (χ0) is 9.30. The third-order valence-corrected chi connectivity index (χ3v) is 2.00. The molecule has 0 aliphatic rings. The summed E-state index contributed by atoms with van der Waals surface area (Å²) in [6, 6.07) is 0. The lowest BCUT2D eigenvalue weighted by Crippen LogP contribution is -2.37. The molecule has 1 aromatic heterocycles. The lowest BCUT2D eigenvalue weighted by atomic mass is 10.3. The van der Waals surface area contributed by atoms with Gasteiger partial charge >= 0.3 is 11.1 Å². The van der Waals surface area contributed by atoms with E-state index in [2.05, 4.69) is 4.98 Å². The predicted molar refractivity (Wildman–Crippen MR) is 46.5 cm³/mol. The van der Waals surface area contributed by atoms with E-state index in [-0.39, 0.29) is 0 Å². The molecule has 0 atom stereocenters. The van der Waals surface area contributed by atoms with Crippen LogP contribution < -0.4 is 11.1 Å². The Kier molecular flexibility index (Phi) is 2.17. The second-order valence-electron chi connectivity index (χ2n) is 2.71. The highest BCUT2D eigenvalue weighted by atomic mass is 16.2. The van der Waals surface area contributed by atoms with Gasteiger partial charge in [0.05, 0.1) is 0 Å². The Labute approximate surface area is 69.9 Å². The van der Waals surface area contributed by atoms with Gasteiger partial charge in [-0.15, -0.1) is 0 Å². The van der Waals surface area contributed by atoms with Crippen LogP contribution >= 0.6 is 0 Å². The molecule has 0 unspecified atom stereocenters. The molecule has 0 saturated carbocycles. The van der Waals surface area contributed by atoms with Crippen LogP contribution in [0.3, 0.4) is 0 Å². The minimum absolute atomic E-state index is 0.472. The highest BCUT2D eigenvalue weighted by Gasteiger charge is 2.04. The number of H-pyrrole nitrogens is 1. The molecule has 0 spiro atoms. The maximum atomic E-state index is 11.2. The van der Waals surface area contributed by atoms with Crippen molar-refractivity contribution in [1.82, 2.24) is 9.55 Å². The van der Waals surface area contributed by atoms with Crippen molar-refractivity contribution in [2.24, 2.45) is 0 Å². The Bertz CT molecular complexity index is 400. The van der Waals surface area contributed by atoms with Gasteiger partial charge in [0, 0.05) is 17.9 Å². The van der Waals surface area contributed by atoms with Crippen LogP contribution in [0.5, 0.6) is 0 Å². The number of aryl methyl sites for hydroxylation is 1. The molecule has 66 valence electrons. The van der Waals surface area contributed by atoms with Gasteiger partial charge in [-0.25, -0.2) is 0 Å². The monoisotopic (exact) mass is 168 g/mol. The fourth-order valence-corrected chi connectivity index (χ4v) is 1.17. The molecule has 0 fully saturated rings. The molecule has 0 aliphatic carbocycles. The molecule has 0 aromatic carbocycles. The van der Waals surface area contributed by atoms with Crippen molar-refractivity contribution in [3.05, 3.63) is 32.1 Å². The molecule has 1 N–H and O–H groups in total. The highest BCUT2D eigenvalue weighted by molar-refractivity contribution is 5.08. The first-order chi connectivity index (χ1) is 5.57. The van der Waals surface area contributed by atoms with E-state index < -0.39 is 11.1 Å². The summed E-state index contributed by atoms with van der Waals surface area (Å²) >= 11 is 0. The second-order valence-corrected chi connectivity index (χ2v) is 2.71. The molecule has 1 aromatic rings. The quantitative estimate of drug-likeness (QED) is 0.608. The fraction of sp³-hybridized carbons (Fsp3) is 0.500. The van der Waals surface area contributed by atoms with E-state index >= 15 is 0 Å². The molecule has 0 amide bonds. The number of hydrogen-bond donors (Lipinski definition) is 1. The van der Waals surface area contributed by atoms with Crippen molar-refractivity contribution < 1.29 is 0 Å². The van der Waals surface area contributed by atoms with Crippen molar-refractivity contribution in [1.29, 1.82) is 0 Å². The van der Waals surface area contributed by atoms with Crippen LogP contribution in [0.2, 0.25) is 0 Å². The Morgan fingerprint density at radius 2 is 1.92 bits per heavy atom. The fourth-order valence-electron chi connectivity index (χ4n) is 1.17. The predicted octanol–water partition coefficient (Wildman–Crippen LogP) is 0.173. The maximum Gasteiger partial charge on any atom is 0.316 e. The van der Waals surface area contributed by atoms with E-state index in [0.29, 0.717) is 6.54 Å². The van der Waals surface area contributed by atoms with Crippen molar-refractivity contribution in [2.45, 2.75) is 27.3 Å². The van der Waals surface area contributed by atoms with E-state index in [0.717, 1.165) is 11.4 Å². The Balaban J connectivity index is 3.65. The molecule has 1 heterocycles. The largest absolute Gasteiger partial charge is 0.320 e. The molecular weight excluding hydrogens is 156 g/mol. The van der Waals surface area contributed by atoms with Gasteiger partial charge in [-0.2, -0.15) is 0 Å². The normalized spacial score (nSPS) is 10.2. The van der Waals surface area contributed by atoms with Crippen LogP contribution in [-0.2, 0) is 6.54 Å². The Morgan fingerprint density at radius 3 is 2.42 bits per heavy atom. The first-order valence-corrected chi connectivity index (χ1v) is 3.88. The van der Waals surface area contributed by atoms with E-state index in [9.17, 15) is 9.59 Å². The first kappa shape index (κ1) is 8.77. The Hall–Kier alpha value is -1.32. The smallest absolute Gasteiger partial charge is 0.316 e. The van der Waals surface area contributed by atoms with Crippen LogP contribution in [0.4, 0.5) is 0 Å². The van der Waals surface area contributed by atoms with E-state index in [1.807, 2.05) is 13.8 Å². The number of aromatic amines is 1. The zero-order valence-electron chi connectivity index (χ0n) is 7.47. The van der Waals surface area contributed by atoms with Gasteiger partial charge < -0.3 is 9.55 Å². The van der Waals surface area contributed by atoms with Crippen LogP contribution in [0.1, 0.15) is 18.3 Å².